The van der Waals surface area contributed by atoms with Gasteiger partial charge in [0.2, 0.25) is 0 Å². The predicted octanol–water partition coefficient (Wildman–Crippen LogP) is 3.46. The molecule has 2 aromatic rings. The average Bonchev–Trinajstić information content (AvgIpc) is 3.23. The fourth-order valence-corrected chi connectivity index (χ4v) is 2.45. The van der Waals surface area contributed by atoms with Crippen molar-refractivity contribution >= 4 is 16.7 Å². The summed E-state index contributed by atoms with van der Waals surface area (Å²) in [5.41, 5.74) is 1.50. The number of pyridine rings is 1. The van der Waals surface area contributed by atoms with Crippen LogP contribution in [0.25, 0.3) is 10.9 Å². The maximum atomic E-state index is 5.18. The summed E-state index contributed by atoms with van der Waals surface area (Å²) in [5.74, 6) is 0.974. The van der Waals surface area contributed by atoms with Gasteiger partial charge in [-0.25, -0.2) is 4.98 Å². The summed E-state index contributed by atoms with van der Waals surface area (Å²) >= 11 is 0. The van der Waals surface area contributed by atoms with Crippen molar-refractivity contribution in [1.82, 2.24) is 4.98 Å². The quantitative estimate of drug-likeness (QED) is 0.859. The van der Waals surface area contributed by atoms with Gasteiger partial charge in [0.15, 0.2) is 0 Å². The predicted molar refractivity (Wildman–Crippen MR) is 78.4 cm³/mol. The monoisotopic (exact) mass is 256 g/mol. The van der Waals surface area contributed by atoms with E-state index in [2.05, 4.69) is 34.6 Å². The molecule has 1 saturated carbocycles. The van der Waals surface area contributed by atoms with Crippen molar-refractivity contribution in [3.05, 3.63) is 36.4 Å². The lowest BCUT2D eigenvalue weighted by Gasteiger charge is -2.16. The van der Waals surface area contributed by atoms with Crippen LogP contribution in [0.4, 0.5) is 5.82 Å². The first-order chi connectivity index (χ1) is 9.31. The first-order valence-corrected chi connectivity index (χ1v) is 6.90. The van der Waals surface area contributed by atoms with Crippen LogP contribution in [0.15, 0.2) is 36.4 Å². The Morgan fingerprint density at radius 3 is 2.84 bits per heavy atom. The average molecular weight is 256 g/mol. The Kier molecular flexibility index (Phi) is 3.38. The summed E-state index contributed by atoms with van der Waals surface area (Å²) in [6.07, 6.45) is 3.75. The molecule has 0 saturated heterocycles. The van der Waals surface area contributed by atoms with E-state index in [0.29, 0.717) is 5.41 Å². The second kappa shape index (κ2) is 5.17. The number of hydrogen-bond donors (Lipinski definition) is 1. The van der Waals surface area contributed by atoms with E-state index in [1.807, 2.05) is 12.1 Å². The summed E-state index contributed by atoms with van der Waals surface area (Å²) in [6, 6.07) is 12.4. The van der Waals surface area contributed by atoms with E-state index in [1.165, 1.54) is 18.2 Å². The molecule has 1 aromatic heterocycles. The first-order valence-electron chi connectivity index (χ1n) is 6.90. The van der Waals surface area contributed by atoms with E-state index < -0.39 is 0 Å². The summed E-state index contributed by atoms with van der Waals surface area (Å²) in [4.78, 5) is 4.64. The third-order valence-corrected chi connectivity index (χ3v) is 4.04. The fraction of sp³-hybridized carbons (Fsp3) is 0.438. The number of benzene rings is 1. The summed E-state index contributed by atoms with van der Waals surface area (Å²) in [6.45, 7) is 1.86. The van der Waals surface area contributed by atoms with Gasteiger partial charge < -0.3 is 10.1 Å². The molecular weight excluding hydrogens is 236 g/mol. The second-order valence-corrected chi connectivity index (χ2v) is 5.49. The molecule has 0 amide bonds. The van der Waals surface area contributed by atoms with E-state index in [9.17, 15) is 0 Å². The van der Waals surface area contributed by atoms with Crippen molar-refractivity contribution in [2.75, 3.05) is 25.6 Å². The first kappa shape index (κ1) is 12.4. The molecule has 0 atom stereocenters. The van der Waals surface area contributed by atoms with E-state index in [1.54, 1.807) is 7.11 Å². The number of methoxy groups -OCH3 is 1. The topological polar surface area (TPSA) is 34.1 Å². The van der Waals surface area contributed by atoms with Gasteiger partial charge in [-0.15, -0.1) is 0 Å². The van der Waals surface area contributed by atoms with Crippen LogP contribution >= 0.6 is 0 Å². The highest BCUT2D eigenvalue weighted by Gasteiger charge is 2.41. The lowest BCUT2D eigenvalue weighted by atomic mass is 10.0. The highest BCUT2D eigenvalue weighted by molar-refractivity contribution is 5.80. The van der Waals surface area contributed by atoms with Gasteiger partial charge in [-0.1, -0.05) is 18.2 Å². The Morgan fingerprint density at radius 2 is 2.05 bits per heavy atom. The SMILES string of the molecule is COCCC1(CNc2ccc3ccccc3n2)CC1. The highest BCUT2D eigenvalue weighted by atomic mass is 16.5. The maximum absolute atomic E-state index is 5.18. The number of fused-ring (bicyclic) bond motifs is 1. The largest absolute Gasteiger partial charge is 0.385 e. The number of anilines is 1. The third-order valence-electron chi connectivity index (χ3n) is 4.04. The van der Waals surface area contributed by atoms with Gasteiger partial charge in [0.05, 0.1) is 5.52 Å². The third kappa shape index (κ3) is 2.87. The van der Waals surface area contributed by atoms with Gasteiger partial charge in [-0.2, -0.15) is 0 Å². The molecule has 1 aromatic carbocycles. The van der Waals surface area contributed by atoms with Gasteiger partial charge >= 0.3 is 0 Å². The van der Waals surface area contributed by atoms with E-state index in [-0.39, 0.29) is 0 Å². The van der Waals surface area contributed by atoms with Crippen molar-refractivity contribution in [2.45, 2.75) is 19.3 Å². The Hall–Kier alpha value is -1.61. The number of para-hydroxylation sites is 1. The minimum absolute atomic E-state index is 0.448. The van der Waals surface area contributed by atoms with Crippen molar-refractivity contribution in [2.24, 2.45) is 5.41 Å². The van der Waals surface area contributed by atoms with Crippen molar-refractivity contribution in [3.63, 3.8) is 0 Å². The molecule has 0 spiro atoms. The number of aromatic nitrogens is 1. The lowest BCUT2D eigenvalue weighted by molar-refractivity contribution is 0.175. The summed E-state index contributed by atoms with van der Waals surface area (Å²) in [5, 5.41) is 4.67. The van der Waals surface area contributed by atoms with E-state index in [4.69, 9.17) is 4.74 Å². The van der Waals surface area contributed by atoms with Gasteiger partial charge in [0.1, 0.15) is 5.82 Å². The van der Waals surface area contributed by atoms with Crippen molar-refractivity contribution in [3.8, 4) is 0 Å². The number of ether oxygens (including phenoxy) is 1. The molecule has 1 heterocycles. The van der Waals surface area contributed by atoms with Gasteiger partial charge in [-0.05, 0) is 42.9 Å². The van der Waals surface area contributed by atoms with Gasteiger partial charge in [-0.3, -0.25) is 0 Å². The number of hydrogen-bond acceptors (Lipinski definition) is 3. The normalized spacial score (nSPS) is 16.5. The standard InChI is InChI=1S/C16H20N2O/c1-19-11-10-16(8-9-16)12-17-15-7-6-13-4-2-3-5-14(13)18-15/h2-7H,8-12H2,1H3,(H,17,18). The Bertz CT molecular complexity index is 563. The number of rotatable bonds is 6. The molecule has 100 valence electrons. The number of nitrogens with one attached hydrogen (secondary N) is 1. The van der Waals surface area contributed by atoms with Crippen LogP contribution in [0.3, 0.4) is 0 Å². The van der Waals surface area contributed by atoms with Crippen LogP contribution in [-0.4, -0.2) is 25.2 Å². The molecule has 0 bridgehead atoms. The van der Waals surface area contributed by atoms with Crippen molar-refractivity contribution < 1.29 is 4.74 Å². The van der Waals surface area contributed by atoms with Crippen LogP contribution in [0.1, 0.15) is 19.3 Å². The fourth-order valence-electron chi connectivity index (χ4n) is 2.45. The van der Waals surface area contributed by atoms with Crippen LogP contribution in [-0.2, 0) is 4.74 Å². The van der Waals surface area contributed by atoms with Gasteiger partial charge in [0, 0.05) is 25.6 Å². The van der Waals surface area contributed by atoms with Gasteiger partial charge in [0.25, 0.3) is 0 Å². The number of nitrogens with zero attached hydrogens (tertiary/aromatic N) is 1. The highest BCUT2D eigenvalue weighted by Crippen LogP contribution is 2.48. The summed E-state index contributed by atoms with van der Waals surface area (Å²) < 4.78 is 5.18. The molecule has 0 radical (unpaired) electrons. The molecule has 0 aliphatic heterocycles. The smallest absolute Gasteiger partial charge is 0.126 e. The Morgan fingerprint density at radius 1 is 1.21 bits per heavy atom. The Balaban J connectivity index is 1.65. The molecule has 3 nitrogen and oxygen atoms in total. The van der Waals surface area contributed by atoms with E-state index in [0.717, 1.165) is 30.9 Å². The van der Waals surface area contributed by atoms with Crippen LogP contribution in [0, 0.1) is 5.41 Å². The molecule has 19 heavy (non-hydrogen) atoms. The molecule has 1 aliphatic carbocycles. The molecule has 1 N–H and O–H groups in total. The van der Waals surface area contributed by atoms with Crippen molar-refractivity contribution in [1.29, 1.82) is 0 Å². The minimum atomic E-state index is 0.448. The van der Waals surface area contributed by atoms with E-state index >= 15 is 0 Å². The molecular formula is C16H20N2O. The van der Waals surface area contributed by atoms with Crippen LogP contribution in [0.5, 0.6) is 0 Å². The second-order valence-electron chi connectivity index (χ2n) is 5.49. The summed E-state index contributed by atoms with van der Waals surface area (Å²) in [7, 11) is 1.77. The zero-order valence-electron chi connectivity index (χ0n) is 11.4. The molecule has 0 unspecified atom stereocenters. The Labute approximate surface area is 114 Å². The molecule has 3 heteroatoms. The maximum Gasteiger partial charge on any atom is 0.126 e. The molecule has 1 aliphatic rings. The zero-order chi connectivity index (χ0) is 13.1. The minimum Gasteiger partial charge on any atom is -0.385 e. The lowest BCUT2D eigenvalue weighted by Crippen LogP contribution is -2.17. The molecule has 3 rings (SSSR count). The zero-order valence-corrected chi connectivity index (χ0v) is 11.4. The van der Waals surface area contributed by atoms with Crippen LogP contribution < -0.4 is 5.32 Å². The van der Waals surface area contributed by atoms with Crippen LogP contribution in [0.2, 0.25) is 0 Å². The molecule has 1 fully saturated rings.